The summed E-state index contributed by atoms with van der Waals surface area (Å²) in [5.41, 5.74) is 12.7. The number of aliphatic hydroxyl groups is 1. The number of nitrogens with one attached hydrogen (secondary N) is 1. The van der Waals surface area contributed by atoms with E-state index < -0.39 is 11.6 Å². The number of hydrogen-bond acceptors (Lipinski definition) is 7. The van der Waals surface area contributed by atoms with E-state index in [1.54, 1.807) is 7.11 Å². The summed E-state index contributed by atoms with van der Waals surface area (Å²) in [6, 6.07) is 30.3. The Morgan fingerprint density at radius 3 is 2.54 bits per heavy atom. The van der Waals surface area contributed by atoms with Gasteiger partial charge in [0.1, 0.15) is 11.5 Å². The molecule has 0 aromatic heterocycles. The lowest BCUT2D eigenvalue weighted by Crippen LogP contribution is -2.49. The minimum Gasteiger partial charge on any atom is -0.497 e. The topological polar surface area (TPSA) is 138 Å². The smallest absolute Gasteiger partial charge is 0.252 e. The van der Waals surface area contributed by atoms with Crippen LogP contribution in [0.5, 0.6) is 11.5 Å². The average molecular weight is 620 g/mol. The molecule has 46 heavy (non-hydrogen) atoms. The number of hydrogen-bond donors (Lipinski definition) is 2. The molecule has 4 aromatic carbocycles. The molecule has 5 rings (SSSR count). The lowest BCUT2D eigenvalue weighted by atomic mass is 9.80. The number of methoxy groups -OCH3 is 1. The highest BCUT2D eigenvalue weighted by Gasteiger charge is 2.53. The van der Waals surface area contributed by atoms with Gasteiger partial charge in [0.15, 0.2) is 11.6 Å². The molecule has 0 spiro atoms. The highest BCUT2D eigenvalue weighted by Crippen LogP contribution is 2.43. The Morgan fingerprint density at radius 1 is 1.02 bits per heavy atom. The Morgan fingerprint density at radius 2 is 1.80 bits per heavy atom. The Kier molecular flexibility index (Phi) is 10.5. The van der Waals surface area contributed by atoms with Crippen LogP contribution in [-0.2, 0) is 29.0 Å². The minimum atomic E-state index is -1.44. The lowest BCUT2D eigenvalue weighted by molar-refractivity contribution is -0.129. The number of aliphatic imine (C=N–C) groups is 1. The predicted octanol–water partition coefficient (Wildman–Crippen LogP) is 6.39. The summed E-state index contributed by atoms with van der Waals surface area (Å²) in [5, 5.41) is 16.0. The maximum atomic E-state index is 14.6. The maximum Gasteiger partial charge on any atom is 0.252 e. The van der Waals surface area contributed by atoms with Gasteiger partial charge in [0, 0.05) is 36.5 Å². The number of rotatable bonds is 14. The third-order valence-electron chi connectivity index (χ3n) is 7.84. The van der Waals surface area contributed by atoms with Gasteiger partial charge in [-0.05, 0) is 71.1 Å². The summed E-state index contributed by atoms with van der Waals surface area (Å²) >= 11 is 0. The van der Waals surface area contributed by atoms with E-state index in [2.05, 4.69) is 15.3 Å². The van der Waals surface area contributed by atoms with E-state index in [1.165, 1.54) is 0 Å². The second-order valence-electron chi connectivity index (χ2n) is 11.1. The Hall–Kier alpha value is -5.31. The number of ether oxygens (including phenoxy) is 3. The summed E-state index contributed by atoms with van der Waals surface area (Å²) in [7, 11) is 1.59. The first-order chi connectivity index (χ1) is 22.5. The number of aryl methyl sites for hydroxylation is 1. The van der Waals surface area contributed by atoms with Gasteiger partial charge in [0.05, 0.1) is 20.3 Å². The van der Waals surface area contributed by atoms with Gasteiger partial charge in [-0.1, -0.05) is 71.3 Å². The molecular formula is C36H37N5O5. The molecule has 4 aromatic rings. The van der Waals surface area contributed by atoms with Crippen molar-refractivity contribution in [1.29, 1.82) is 0 Å². The van der Waals surface area contributed by atoms with Crippen molar-refractivity contribution in [2.45, 2.75) is 44.5 Å². The number of benzene rings is 4. The van der Waals surface area contributed by atoms with Crippen LogP contribution >= 0.6 is 0 Å². The van der Waals surface area contributed by atoms with E-state index in [0.29, 0.717) is 42.5 Å². The molecule has 10 nitrogen and oxygen atoms in total. The molecular weight excluding hydrogens is 582 g/mol. The van der Waals surface area contributed by atoms with Gasteiger partial charge in [-0.25, -0.2) is 4.99 Å². The van der Waals surface area contributed by atoms with Crippen molar-refractivity contribution < 1.29 is 24.1 Å². The number of aliphatic hydroxyl groups excluding tert-OH is 1. The number of nitrogens with zero attached hydrogens (tertiary/aromatic N) is 4. The third kappa shape index (κ3) is 7.48. The first kappa shape index (κ1) is 32.1. The van der Waals surface area contributed by atoms with Crippen molar-refractivity contribution in [2.24, 2.45) is 10.1 Å². The molecule has 1 heterocycles. The van der Waals surface area contributed by atoms with E-state index in [4.69, 9.17) is 29.8 Å². The quantitative estimate of drug-likeness (QED) is 0.0729. The number of azide groups is 1. The Bertz CT molecular complexity index is 1740. The molecule has 1 aliphatic rings. The van der Waals surface area contributed by atoms with Crippen LogP contribution in [0.3, 0.4) is 0 Å². The molecule has 10 heteroatoms. The van der Waals surface area contributed by atoms with Crippen LogP contribution in [0.1, 0.15) is 45.9 Å². The van der Waals surface area contributed by atoms with Gasteiger partial charge in [0.2, 0.25) is 5.90 Å². The molecule has 1 aliphatic heterocycles. The van der Waals surface area contributed by atoms with Crippen LogP contribution in [0, 0.1) is 6.92 Å². The third-order valence-corrected chi connectivity index (χ3v) is 7.84. The summed E-state index contributed by atoms with van der Waals surface area (Å²) in [5.74, 6) is 1.28. The van der Waals surface area contributed by atoms with Gasteiger partial charge in [-0.15, -0.1) is 0 Å². The summed E-state index contributed by atoms with van der Waals surface area (Å²) in [6.07, 6.45) is -0.110. The second-order valence-corrected chi connectivity index (χ2v) is 11.1. The monoisotopic (exact) mass is 619 g/mol. The number of carbonyl (C=O) groups excluding carboxylic acids is 1. The molecule has 1 amide bonds. The highest BCUT2D eigenvalue weighted by atomic mass is 16.5. The van der Waals surface area contributed by atoms with Crippen LogP contribution in [0.2, 0.25) is 0 Å². The van der Waals surface area contributed by atoms with Crippen molar-refractivity contribution in [1.82, 2.24) is 5.32 Å². The van der Waals surface area contributed by atoms with E-state index in [9.17, 15) is 4.79 Å². The van der Waals surface area contributed by atoms with E-state index in [1.807, 2.05) is 104 Å². The van der Waals surface area contributed by atoms with Gasteiger partial charge in [-0.3, -0.25) is 4.79 Å². The zero-order chi connectivity index (χ0) is 32.4. The van der Waals surface area contributed by atoms with Crippen LogP contribution in [0.25, 0.3) is 10.4 Å². The van der Waals surface area contributed by atoms with Crippen molar-refractivity contribution in [2.75, 3.05) is 20.3 Å². The van der Waals surface area contributed by atoms with Crippen molar-refractivity contribution in [3.63, 3.8) is 0 Å². The Labute approximate surface area is 268 Å². The average Bonchev–Trinajstić information content (AvgIpc) is 3.47. The fourth-order valence-electron chi connectivity index (χ4n) is 5.53. The first-order valence-corrected chi connectivity index (χ1v) is 15.1. The summed E-state index contributed by atoms with van der Waals surface area (Å²) in [4.78, 5) is 22.7. The molecule has 0 saturated heterocycles. The molecule has 2 atom stereocenters. The predicted molar refractivity (Wildman–Crippen MR) is 176 cm³/mol. The molecule has 0 radical (unpaired) electrons. The SMILES string of the molecule is COc1cccc([C@H]2OC(c3ccc(OCCCO)cc3)=N[C@@]2(Cc2ccccc2CN=[N+]=[N-])C(=O)NCc2cccc(C)c2)c1. The number of amides is 1. The first-order valence-electron chi connectivity index (χ1n) is 15.1. The van der Waals surface area contributed by atoms with Crippen molar-refractivity contribution in [3.05, 3.63) is 141 Å². The number of carbonyl (C=O) groups is 1. The molecule has 0 aliphatic carbocycles. The van der Waals surface area contributed by atoms with Gasteiger partial charge < -0.3 is 24.6 Å². The van der Waals surface area contributed by atoms with Gasteiger partial charge in [-0.2, -0.15) is 0 Å². The van der Waals surface area contributed by atoms with Crippen molar-refractivity contribution in [3.8, 4) is 11.5 Å². The lowest BCUT2D eigenvalue weighted by Gasteiger charge is -2.31. The zero-order valence-electron chi connectivity index (χ0n) is 25.9. The maximum absolute atomic E-state index is 14.6. The standard InChI is InChI=1S/C36H37N5O5/c1-25-8-5-9-26(20-25)23-38-35(43)36(22-29-10-3-4-11-30(29)24-39-41-37)33(28-12-6-13-32(21-28)44-2)46-34(40-36)27-14-16-31(17-15-27)45-19-7-18-42/h3-6,8-17,20-21,33,42H,7,18-19,22-24H2,1-2H3,(H,38,43)/t33-,36-/m1/s1. The molecule has 236 valence electrons. The normalized spacial score (nSPS) is 16.9. The van der Waals surface area contributed by atoms with Crippen LogP contribution < -0.4 is 14.8 Å². The highest BCUT2D eigenvalue weighted by molar-refractivity contribution is 6.01. The largest absolute Gasteiger partial charge is 0.497 e. The molecule has 0 unspecified atom stereocenters. The fraction of sp³-hybridized carbons (Fsp3) is 0.278. The summed E-state index contributed by atoms with van der Waals surface area (Å²) < 4.78 is 17.9. The molecule has 0 bridgehead atoms. The minimum absolute atomic E-state index is 0.0500. The van der Waals surface area contributed by atoms with E-state index in [-0.39, 0.29) is 25.5 Å². The zero-order valence-corrected chi connectivity index (χ0v) is 25.9. The Balaban J connectivity index is 1.61. The van der Waals surface area contributed by atoms with E-state index >= 15 is 0 Å². The molecule has 0 saturated carbocycles. The van der Waals surface area contributed by atoms with Crippen molar-refractivity contribution >= 4 is 11.8 Å². The second kappa shape index (κ2) is 15.1. The van der Waals surface area contributed by atoms with Crippen LogP contribution in [0.15, 0.2) is 107 Å². The van der Waals surface area contributed by atoms with Gasteiger partial charge >= 0.3 is 0 Å². The van der Waals surface area contributed by atoms with Crippen LogP contribution in [-0.4, -0.2) is 42.8 Å². The molecule has 2 N–H and O–H groups in total. The van der Waals surface area contributed by atoms with Gasteiger partial charge in [0.25, 0.3) is 5.91 Å². The summed E-state index contributed by atoms with van der Waals surface area (Å²) in [6.45, 7) is 2.89. The van der Waals surface area contributed by atoms with Crippen LogP contribution in [0.4, 0.5) is 0 Å². The fourth-order valence-corrected chi connectivity index (χ4v) is 5.53. The van der Waals surface area contributed by atoms with E-state index in [0.717, 1.165) is 27.8 Å². The molecule has 0 fully saturated rings.